The number of hydrogen-bond donors (Lipinski definition) is 2. The number of carbonyl (C=O) groups is 2. The summed E-state index contributed by atoms with van der Waals surface area (Å²) in [6.45, 7) is -0.331. The molecule has 2 amide bonds. The fraction of sp³-hybridized carbons (Fsp3) is 0.167. The molecule has 0 aliphatic heterocycles. The van der Waals surface area contributed by atoms with Gasteiger partial charge in [-0.15, -0.1) is 0 Å². The Morgan fingerprint density at radius 1 is 1.04 bits per heavy atom. The summed E-state index contributed by atoms with van der Waals surface area (Å²) < 4.78 is 6.25. The number of nitrogens with zero attached hydrogens (tertiary/aromatic N) is 1. The number of nitriles is 1. The van der Waals surface area contributed by atoms with Gasteiger partial charge in [-0.05, 0) is 42.0 Å². The zero-order chi connectivity index (χ0) is 18.1. The maximum absolute atomic E-state index is 11.8. The standard InChI is InChI=1S/C18H16BrN3O3/c19-14-3-5-15(6-4-14)22-17(23)11-21-18(24)12-25-16-7-1-13(2-8-16)9-10-20/h1-8H,9,11-12H2,(H,21,24)(H,22,23). The quantitative estimate of drug-likeness (QED) is 0.745. The average Bonchev–Trinajstić information content (AvgIpc) is 2.61. The number of amides is 2. The summed E-state index contributed by atoms with van der Waals surface area (Å²) in [4.78, 5) is 23.5. The van der Waals surface area contributed by atoms with Crippen LogP contribution in [0.5, 0.6) is 5.75 Å². The van der Waals surface area contributed by atoms with Crippen LogP contribution in [0, 0.1) is 11.3 Å². The van der Waals surface area contributed by atoms with Gasteiger partial charge in [-0.2, -0.15) is 5.26 Å². The lowest BCUT2D eigenvalue weighted by Crippen LogP contribution is -2.35. The van der Waals surface area contributed by atoms with E-state index in [9.17, 15) is 9.59 Å². The summed E-state index contributed by atoms with van der Waals surface area (Å²) >= 11 is 3.31. The van der Waals surface area contributed by atoms with Gasteiger partial charge in [0.2, 0.25) is 5.91 Å². The normalized spacial score (nSPS) is 9.76. The van der Waals surface area contributed by atoms with E-state index >= 15 is 0 Å². The fourth-order valence-corrected chi connectivity index (χ4v) is 2.18. The van der Waals surface area contributed by atoms with E-state index in [0.717, 1.165) is 10.0 Å². The minimum Gasteiger partial charge on any atom is -0.484 e. The second-order valence-electron chi connectivity index (χ2n) is 5.10. The number of rotatable bonds is 7. The van der Waals surface area contributed by atoms with Crippen LogP contribution in [-0.4, -0.2) is 25.0 Å². The highest BCUT2D eigenvalue weighted by atomic mass is 79.9. The molecule has 0 aromatic heterocycles. The minimum atomic E-state index is -0.396. The van der Waals surface area contributed by atoms with Crippen LogP contribution in [-0.2, 0) is 16.0 Å². The van der Waals surface area contributed by atoms with E-state index in [-0.39, 0.29) is 19.1 Å². The summed E-state index contributed by atoms with van der Waals surface area (Å²) in [6.07, 6.45) is 0.328. The Hall–Kier alpha value is -2.85. The third kappa shape index (κ3) is 6.65. The van der Waals surface area contributed by atoms with Gasteiger partial charge in [0.05, 0.1) is 19.0 Å². The Labute approximate surface area is 153 Å². The van der Waals surface area contributed by atoms with Gasteiger partial charge in [0, 0.05) is 10.2 Å². The molecule has 0 radical (unpaired) electrons. The maximum atomic E-state index is 11.8. The van der Waals surface area contributed by atoms with E-state index in [4.69, 9.17) is 10.00 Å². The van der Waals surface area contributed by atoms with Crippen molar-refractivity contribution in [2.75, 3.05) is 18.5 Å². The van der Waals surface area contributed by atoms with Crippen LogP contribution in [0.4, 0.5) is 5.69 Å². The molecule has 0 bridgehead atoms. The van der Waals surface area contributed by atoms with Crippen LogP contribution in [0.1, 0.15) is 5.56 Å². The molecule has 0 spiro atoms. The van der Waals surface area contributed by atoms with Gasteiger partial charge in [0.1, 0.15) is 5.75 Å². The van der Waals surface area contributed by atoms with Crippen LogP contribution in [0.3, 0.4) is 0 Å². The lowest BCUT2D eigenvalue weighted by atomic mass is 10.2. The number of hydrogen-bond acceptors (Lipinski definition) is 4. The lowest BCUT2D eigenvalue weighted by molar-refractivity contribution is -0.125. The average molecular weight is 402 g/mol. The van der Waals surface area contributed by atoms with Crippen molar-refractivity contribution in [3.05, 3.63) is 58.6 Å². The molecule has 25 heavy (non-hydrogen) atoms. The van der Waals surface area contributed by atoms with E-state index in [0.29, 0.717) is 17.9 Å². The molecule has 2 rings (SSSR count). The van der Waals surface area contributed by atoms with E-state index in [2.05, 4.69) is 32.6 Å². The summed E-state index contributed by atoms with van der Waals surface area (Å²) in [5.41, 5.74) is 1.53. The van der Waals surface area contributed by atoms with Crippen molar-refractivity contribution >= 4 is 33.4 Å². The number of anilines is 1. The summed E-state index contributed by atoms with van der Waals surface area (Å²) in [6, 6.07) is 16.1. The molecule has 2 aromatic carbocycles. The monoisotopic (exact) mass is 401 g/mol. The van der Waals surface area contributed by atoms with E-state index in [1.54, 1.807) is 36.4 Å². The smallest absolute Gasteiger partial charge is 0.258 e. The third-order valence-electron chi connectivity index (χ3n) is 3.15. The topological polar surface area (TPSA) is 91.2 Å². The molecule has 7 heteroatoms. The summed E-state index contributed by atoms with van der Waals surface area (Å²) in [7, 11) is 0. The van der Waals surface area contributed by atoms with Crippen molar-refractivity contribution in [1.82, 2.24) is 5.32 Å². The Morgan fingerprint density at radius 2 is 1.72 bits per heavy atom. The molecule has 0 fully saturated rings. The van der Waals surface area contributed by atoms with Gasteiger partial charge in [-0.25, -0.2) is 0 Å². The van der Waals surface area contributed by atoms with Gasteiger partial charge >= 0.3 is 0 Å². The summed E-state index contributed by atoms with van der Waals surface area (Å²) in [5, 5.41) is 13.8. The van der Waals surface area contributed by atoms with Crippen LogP contribution < -0.4 is 15.4 Å². The van der Waals surface area contributed by atoms with E-state index in [1.807, 2.05) is 12.1 Å². The minimum absolute atomic E-state index is 0.140. The Bertz CT molecular complexity index is 768. The molecular formula is C18H16BrN3O3. The van der Waals surface area contributed by atoms with Gasteiger partial charge in [0.15, 0.2) is 6.61 Å². The van der Waals surface area contributed by atoms with Crippen molar-refractivity contribution in [2.24, 2.45) is 0 Å². The van der Waals surface area contributed by atoms with Crippen LogP contribution in [0.2, 0.25) is 0 Å². The second kappa shape index (κ2) is 9.45. The fourth-order valence-electron chi connectivity index (χ4n) is 1.91. The number of carbonyl (C=O) groups excluding carboxylic acids is 2. The first-order chi connectivity index (χ1) is 12.1. The van der Waals surface area contributed by atoms with Gasteiger partial charge in [-0.3, -0.25) is 9.59 Å². The van der Waals surface area contributed by atoms with E-state index in [1.165, 1.54) is 0 Å². The Balaban J connectivity index is 1.70. The molecule has 0 unspecified atom stereocenters. The van der Waals surface area contributed by atoms with Crippen molar-refractivity contribution < 1.29 is 14.3 Å². The molecule has 0 saturated carbocycles. The number of benzene rings is 2. The first-order valence-electron chi connectivity index (χ1n) is 7.47. The predicted molar refractivity (Wildman–Crippen MR) is 97.0 cm³/mol. The molecule has 128 valence electrons. The Morgan fingerprint density at radius 3 is 2.36 bits per heavy atom. The molecule has 0 aliphatic carbocycles. The predicted octanol–water partition coefficient (Wildman–Crippen LogP) is 2.65. The number of ether oxygens (including phenoxy) is 1. The third-order valence-corrected chi connectivity index (χ3v) is 3.68. The highest BCUT2D eigenvalue weighted by Crippen LogP contribution is 2.14. The van der Waals surface area contributed by atoms with Crippen molar-refractivity contribution in [2.45, 2.75) is 6.42 Å². The highest BCUT2D eigenvalue weighted by molar-refractivity contribution is 9.10. The number of halogens is 1. The lowest BCUT2D eigenvalue weighted by Gasteiger charge is -2.08. The molecule has 2 aromatic rings. The highest BCUT2D eigenvalue weighted by Gasteiger charge is 2.07. The zero-order valence-corrected chi connectivity index (χ0v) is 14.9. The maximum Gasteiger partial charge on any atom is 0.258 e. The largest absolute Gasteiger partial charge is 0.484 e. The van der Waals surface area contributed by atoms with Crippen molar-refractivity contribution in [1.29, 1.82) is 5.26 Å². The molecule has 0 saturated heterocycles. The molecule has 0 heterocycles. The molecule has 0 atom stereocenters. The molecule has 0 aliphatic rings. The van der Waals surface area contributed by atoms with Gasteiger partial charge in [0.25, 0.3) is 5.91 Å². The van der Waals surface area contributed by atoms with Crippen molar-refractivity contribution in [3.8, 4) is 11.8 Å². The zero-order valence-electron chi connectivity index (χ0n) is 13.3. The van der Waals surface area contributed by atoms with Crippen LogP contribution >= 0.6 is 15.9 Å². The Kier molecular flexibility index (Phi) is 6.99. The molecule has 2 N–H and O–H groups in total. The SMILES string of the molecule is N#CCc1ccc(OCC(=O)NCC(=O)Nc2ccc(Br)cc2)cc1. The van der Waals surface area contributed by atoms with Gasteiger partial charge < -0.3 is 15.4 Å². The molecule has 6 nitrogen and oxygen atoms in total. The van der Waals surface area contributed by atoms with Crippen LogP contribution in [0.15, 0.2) is 53.0 Å². The van der Waals surface area contributed by atoms with Crippen molar-refractivity contribution in [3.63, 3.8) is 0 Å². The second-order valence-corrected chi connectivity index (χ2v) is 6.01. The summed E-state index contributed by atoms with van der Waals surface area (Å²) in [5.74, 6) is -0.195. The molecular weight excluding hydrogens is 386 g/mol. The van der Waals surface area contributed by atoms with E-state index < -0.39 is 5.91 Å². The van der Waals surface area contributed by atoms with Gasteiger partial charge in [-0.1, -0.05) is 28.1 Å². The first kappa shape index (κ1) is 18.5. The van der Waals surface area contributed by atoms with Crippen LogP contribution in [0.25, 0.3) is 0 Å². The first-order valence-corrected chi connectivity index (χ1v) is 8.27. The number of nitrogens with one attached hydrogen (secondary N) is 2.